The molecule has 0 saturated carbocycles. The quantitative estimate of drug-likeness (QED) is 0.737. The van der Waals surface area contributed by atoms with Gasteiger partial charge in [-0.3, -0.25) is 4.79 Å². The van der Waals surface area contributed by atoms with E-state index < -0.39 is 0 Å². The van der Waals surface area contributed by atoms with E-state index in [2.05, 4.69) is 0 Å². The maximum absolute atomic E-state index is 12.0. The van der Waals surface area contributed by atoms with Crippen molar-refractivity contribution in [1.82, 2.24) is 4.90 Å². The number of carbonyl (C=O) groups is 1. The Morgan fingerprint density at radius 1 is 1.50 bits per heavy atom. The average Bonchev–Trinajstić information content (AvgIpc) is 2.24. The SMILES string of the molecule is COC(CN)CC(=O)N1C[C@@H](C)O[C@@H](C)C1. The van der Waals surface area contributed by atoms with Crippen molar-refractivity contribution in [2.45, 2.75) is 38.6 Å². The molecular formula is C11H22N2O3. The number of nitrogens with zero attached hydrogens (tertiary/aromatic N) is 1. The van der Waals surface area contributed by atoms with Crippen molar-refractivity contribution >= 4 is 5.91 Å². The van der Waals surface area contributed by atoms with E-state index in [1.54, 1.807) is 7.11 Å². The summed E-state index contributed by atoms with van der Waals surface area (Å²) >= 11 is 0. The molecule has 1 unspecified atom stereocenters. The van der Waals surface area contributed by atoms with Gasteiger partial charge in [-0.05, 0) is 13.8 Å². The van der Waals surface area contributed by atoms with Crippen molar-refractivity contribution in [1.29, 1.82) is 0 Å². The molecule has 3 atom stereocenters. The largest absolute Gasteiger partial charge is 0.380 e. The zero-order chi connectivity index (χ0) is 12.1. The molecule has 0 bridgehead atoms. The molecule has 1 fully saturated rings. The predicted molar refractivity (Wildman–Crippen MR) is 61.1 cm³/mol. The van der Waals surface area contributed by atoms with E-state index in [9.17, 15) is 4.79 Å². The first-order valence-electron chi connectivity index (χ1n) is 5.73. The topological polar surface area (TPSA) is 64.8 Å². The molecule has 1 aliphatic heterocycles. The van der Waals surface area contributed by atoms with Crippen molar-refractivity contribution in [3.63, 3.8) is 0 Å². The lowest BCUT2D eigenvalue weighted by molar-refractivity contribution is -0.145. The van der Waals surface area contributed by atoms with Gasteiger partial charge in [0.05, 0.1) is 24.7 Å². The number of morpholine rings is 1. The van der Waals surface area contributed by atoms with Gasteiger partial charge in [0.15, 0.2) is 0 Å². The molecular weight excluding hydrogens is 208 g/mol. The van der Waals surface area contributed by atoms with E-state index in [0.717, 1.165) is 0 Å². The molecule has 1 heterocycles. The van der Waals surface area contributed by atoms with Crippen LogP contribution in [0, 0.1) is 0 Å². The van der Waals surface area contributed by atoms with Gasteiger partial charge in [-0.25, -0.2) is 0 Å². The maximum Gasteiger partial charge on any atom is 0.225 e. The molecule has 94 valence electrons. The zero-order valence-electron chi connectivity index (χ0n) is 10.3. The van der Waals surface area contributed by atoms with Crippen LogP contribution in [0.5, 0.6) is 0 Å². The molecule has 5 heteroatoms. The van der Waals surface area contributed by atoms with Gasteiger partial charge in [0, 0.05) is 26.7 Å². The first-order valence-corrected chi connectivity index (χ1v) is 5.73. The van der Waals surface area contributed by atoms with Crippen LogP contribution in [0.4, 0.5) is 0 Å². The fourth-order valence-electron chi connectivity index (χ4n) is 1.97. The predicted octanol–water partition coefficient (Wildman–Crippen LogP) is -0.0140. The van der Waals surface area contributed by atoms with Crippen molar-refractivity contribution in [3.05, 3.63) is 0 Å². The number of hydrogen-bond acceptors (Lipinski definition) is 4. The highest BCUT2D eigenvalue weighted by atomic mass is 16.5. The summed E-state index contributed by atoms with van der Waals surface area (Å²) in [7, 11) is 1.58. The second-order valence-corrected chi connectivity index (χ2v) is 4.35. The average molecular weight is 230 g/mol. The molecule has 0 aromatic rings. The second-order valence-electron chi connectivity index (χ2n) is 4.35. The highest BCUT2D eigenvalue weighted by Gasteiger charge is 2.26. The number of hydrogen-bond donors (Lipinski definition) is 1. The smallest absolute Gasteiger partial charge is 0.225 e. The number of ether oxygens (including phenoxy) is 2. The molecule has 16 heavy (non-hydrogen) atoms. The van der Waals surface area contributed by atoms with Crippen molar-refractivity contribution in [2.75, 3.05) is 26.7 Å². The van der Waals surface area contributed by atoms with Gasteiger partial charge in [-0.1, -0.05) is 0 Å². The van der Waals surface area contributed by atoms with Gasteiger partial charge in [-0.2, -0.15) is 0 Å². The summed E-state index contributed by atoms with van der Waals surface area (Å²) in [5.41, 5.74) is 5.50. The van der Waals surface area contributed by atoms with E-state index in [1.807, 2.05) is 18.7 Å². The Morgan fingerprint density at radius 3 is 2.50 bits per heavy atom. The van der Waals surface area contributed by atoms with E-state index >= 15 is 0 Å². The lowest BCUT2D eigenvalue weighted by Crippen LogP contribution is -2.49. The molecule has 1 aliphatic rings. The zero-order valence-corrected chi connectivity index (χ0v) is 10.3. The van der Waals surface area contributed by atoms with Crippen LogP contribution >= 0.6 is 0 Å². The first kappa shape index (κ1) is 13.4. The molecule has 5 nitrogen and oxygen atoms in total. The van der Waals surface area contributed by atoms with Crippen molar-refractivity contribution < 1.29 is 14.3 Å². The van der Waals surface area contributed by atoms with Gasteiger partial charge in [0.2, 0.25) is 5.91 Å². The molecule has 1 amide bonds. The van der Waals surface area contributed by atoms with E-state index in [0.29, 0.717) is 26.1 Å². The maximum atomic E-state index is 12.0. The molecule has 0 aromatic carbocycles. The van der Waals surface area contributed by atoms with E-state index in [-0.39, 0.29) is 24.2 Å². The van der Waals surface area contributed by atoms with Crippen molar-refractivity contribution in [3.8, 4) is 0 Å². The van der Waals surface area contributed by atoms with Crippen LogP contribution < -0.4 is 5.73 Å². The molecule has 0 aliphatic carbocycles. The lowest BCUT2D eigenvalue weighted by atomic mass is 10.2. The number of methoxy groups -OCH3 is 1. The minimum atomic E-state index is -0.180. The minimum Gasteiger partial charge on any atom is -0.380 e. The third-order valence-electron chi connectivity index (χ3n) is 2.77. The molecule has 0 radical (unpaired) electrons. The van der Waals surface area contributed by atoms with Crippen LogP contribution in [0.15, 0.2) is 0 Å². The number of amides is 1. The summed E-state index contributed by atoms with van der Waals surface area (Å²) < 4.78 is 10.7. The van der Waals surface area contributed by atoms with Crippen LogP contribution in [-0.4, -0.2) is 55.9 Å². The molecule has 1 rings (SSSR count). The van der Waals surface area contributed by atoms with Crippen LogP contribution in [0.2, 0.25) is 0 Å². The normalized spacial score (nSPS) is 27.9. The minimum absolute atomic E-state index is 0.0966. The second kappa shape index (κ2) is 6.18. The van der Waals surface area contributed by atoms with Crippen LogP contribution in [0.3, 0.4) is 0 Å². The van der Waals surface area contributed by atoms with Crippen LogP contribution in [0.25, 0.3) is 0 Å². The van der Waals surface area contributed by atoms with E-state index in [1.165, 1.54) is 0 Å². The van der Waals surface area contributed by atoms with Crippen LogP contribution in [0.1, 0.15) is 20.3 Å². The Bertz CT molecular complexity index is 221. The fraction of sp³-hybridized carbons (Fsp3) is 0.909. The molecule has 1 saturated heterocycles. The summed E-state index contributed by atoms with van der Waals surface area (Å²) in [5.74, 6) is 0.0966. The fourth-order valence-corrected chi connectivity index (χ4v) is 1.97. The molecule has 0 aromatic heterocycles. The highest BCUT2D eigenvalue weighted by molar-refractivity contribution is 5.76. The Labute approximate surface area is 96.9 Å². The summed E-state index contributed by atoms with van der Waals surface area (Å²) in [5, 5.41) is 0. The van der Waals surface area contributed by atoms with Gasteiger partial charge in [0.1, 0.15) is 0 Å². The van der Waals surface area contributed by atoms with Gasteiger partial charge in [-0.15, -0.1) is 0 Å². The monoisotopic (exact) mass is 230 g/mol. The van der Waals surface area contributed by atoms with E-state index in [4.69, 9.17) is 15.2 Å². The standard InChI is InChI=1S/C11H22N2O3/c1-8-6-13(7-9(2)16-8)11(14)4-10(5-12)15-3/h8-10H,4-7,12H2,1-3H3/t8-,9+,10?. The molecule has 0 spiro atoms. The lowest BCUT2D eigenvalue weighted by Gasteiger charge is -2.35. The van der Waals surface area contributed by atoms with Gasteiger partial charge < -0.3 is 20.1 Å². The van der Waals surface area contributed by atoms with Gasteiger partial charge in [0.25, 0.3) is 0 Å². The van der Waals surface area contributed by atoms with Crippen LogP contribution in [-0.2, 0) is 14.3 Å². The number of carbonyl (C=O) groups excluding carboxylic acids is 1. The molecule has 2 N–H and O–H groups in total. The Balaban J connectivity index is 2.46. The Morgan fingerprint density at radius 2 is 2.06 bits per heavy atom. The Kier molecular flexibility index (Phi) is 5.18. The van der Waals surface area contributed by atoms with Gasteiger partial charge >= 0.3 is 0 Å². The van der Waals surface area contributed by atoms with Crippen molar-refractivity contribution in [2.24, 2.45) is 5.73 Å². The summed E-state index contributed by atoms with van der Waals surface area (Å²) in [6.07, 6.45) is 0.381. The summed E-state index contributed by atoms with van der Waals surface area (Å²) in [6.45, 7) is 5.64. The number of rotatable bonds is 4. The summed E-state index contributed by atoms with van der Waals surface area (Å²) in [4.78, 5) is 13.8. The third kappa shape index (κ3) is 3.73. The highest BCUT2D eigenvalue weighted by Crippen LogP contribution is 2.12. The number of nitrogens with two attached hydrogens (primary N) is 1. The first-order chi connectivity index (χ1) is 7.56. The summed E-state index contributed by atoms with van der Waals surface area (Å²) in [6, 6.07) is 0. The Hall–Kier alpha value is -0.650. The third-order valence-corrected chi connectivity index (χ3v) is 2.77.